The van der Waals surface area contributed by atoms with E-state index in [4.69, 9.17) is 5.26 Å². The Morgan fingerprint density at radius 2 is 2.54 bits per heavy atom. The molecule has 0 bridgehead atoms. The smallest absolute Gasteiger partial charge is 0.320 e. The minimum absolute atomic E-state index is 0.00784. The summed E-state index contributed by atoms with van der Waals surface area (Å²) in [6.07, 6.45) is 3.13. The average molecular weight is 176 g/mol. The quantitative estimate of drug-likeness (QED) is 0.652. The average Bonchev–Trinajstić information content (AvgIpc) is 2.16. The number of amides is 2. The highest BCUT2D eigenvalue weighted by Gasteiger charge is 1.98. The number of carbonyl (C=O) groups excluding carboxylic acids is 1. The van der Waals surface area contributed by atoms with Crippen LogP contribution in [0.15, 0.2) is 24.5 Å². The molecule has 5 nitrogen and oxygen atoms in total. The van der Waals surface area contributed by atoms with Crippen LogP contribution in [0.5, 0.6) is 0 Å². The van der Waals surface area contributed by atoms with Crippen molar-refractivity contribution in [2.24, 2.45) is 0 Å². The van der Waals surface area contributed by atoms with E-state index in [9.17, 15) is 4.79 Å². The zero-order valence-electron chi connectivity index (χ0n) is 6.82. The number of urea groups is 1. The Balaban J connectivity index is 2.42. The van der Waals surface area contributed by atoms with Crippen LogP contribution in [-0.4, -0.2) is 17.6 Å². The highest BCUT2D eigenvalue weighted by Crippen LogP contribution is 2.01. The number of hydrogen-bond donors (Lipinski definition) is 2. The van der Waals surface area contributed by atoms with E-state index in [1.165, 1.54) is 6.20 Å². The van der Waals surface area contributed by atoms with Crippen LogP contribution in [0.2, 0.25) is 0 Å². The molecule has 0 aliphatic rings. The molecule has 66 valence electrons. The number of anilines is 1. The summed E-state index contributed by atoms with van der Waals surface area (Å²) in [4.78, 5) is 14.8. The van der Waals surface area contributed by atoms with Crippen molar-refractivity contribution < 1.29 is 4.79 Å². The van der Waals surface area contributed by atoms with Gasteiger partial charge in [0.15, 0.2) is 0 Å². The molecule has 1 heterocycles. The summed E-state index contributed by atoms with van der Waals surface area (Å²) in [5.74, 6) is 0. The summed E-state index contributed by atoms with van der Waals surface area (Å²) in [6.45, 7) is -0.00784. The molecule has 0 fully saturated rings. The predicted molar refractivity (Wildman–Crippen MR) is 46.9 cm³/mol. The van der Waals surface area contributed by atoms with Gasteiger partial charge in [0.25, 0.3) is 0 Å². The lowest BCUT2D eigenvalue weighted by Crippen LogP contribution is -2.28. The molecular weight excluding hydrogens is 168 g/mol. The molecule has 1 aromatic heterocycles. The van der Waals surface area contributed by atoms with Crippen LogP contribution < -0.4 is 10.6 Å². The second-order valence-corrected chi connectivity index (χ2v) is 2.21. The fourth-order valence-electron chi connectivity index (χ4n) is 0.732. The van der Waals surface area contributed by atoms with Gasteiger partial charge < -0.3 is 10.6 Å². The van der Waals surface area contributed by atoms with E-state index in [0.29, 0.717) is 5.69 Å². The van der Waals surface area contributed by atoms with Crippen molar-refractivity contribution in [3.63, 3.8) is 0 Å². The molecule has 0 saturated carbocycles. The van der Waals surface area contributed by atoms with Crippen LogP contribution in [0.1, 0.15) is 0 Å². The van der Waals surface area contributed by atoms with E-state index in [-0.39, 0.29) is 6.54 Å². The number of aromatic nitrogens is 1. The monoisotopic (exact) mass is 176 g/mol. The van der Waals surface area contributed by atoms with Crippen molar-refractivity contribution in [1.29, 1.82) is 5.26 Å². The minimum Gasteiger partial charge on any atom is -0.325 e. The number of hydrogen-bond acceptors (Lipinski definition) is 3. The third-order valence-corrected chi connectivity index (χ3v) is 1.25. The summed E-state index contributed by atoms with van der Waals surface area (Å²) in [7, 11) is 0. The lowest BCUT2D eigenvalue weighted by molar-refractivity contribution is 0.253. The fourth-order valence-corrected chi connectivity index (χ4v) is 0.732. The van der Waals surface area contributed by atoms with Gasteiger partial charge in [-0.2, -0.15) is 5.26 Å². The van der Waals surface area contributed by atoms with Crippen LogP contribution in [0.3, 0.4) is 0 Å². The Hall–Kier alpha value is -2.09. The Morgan fingerprint density at radius 1 is 1.69 bits per heavy atom. The van der Waals surface area contributed by atoms with Gasteiger partial charge in [0.05, 0.1) is 18.0 Å². The van der Waals surface area contributed by atoms with Crippen LogP contribution >= 0.6 is 0 Å². The molecule has 0 saturated heterocycles. The number of carbonyl (C=O) groups is 1. The SMILES string of the molecule is N#CCNC(=O)Nc1cccnc1. The highest BCUT2D eigenvalue weighted by molar-refractivity contribution is 5.89. The van der Waals surface area contributed by atoms with Gasteiger partial charge in [-0.25, -0.2) is 4.79 Å². The van der Waals surface area contributed by atoms with Crippen molar-refractivity contribution in [2.45, 2.75) is 0 Å². The Morgan fingerprint density at radius 3 is 3.15 bits per heavy atom. The molecule has 0 spiro atoms. The summed E-state index contributed by atoms with van der Waals surface area (Å²) in [5, 5.41) is 13.0. The number of rotatable bonds is 2. The van der Waals surface area contributed by atoms with Gasteiger partial charge in [0, 0.05) is 6.20 Å². The normalized spacial score (nSPS) is 8.54. The molecule has 0 aliphatic carbocycles. The lowest BCUT2D eigenvalue weighted by Gasteiger charge is -2.02. The van der Waals surface area contributed by atoms with Gasteiger partial charge in [-0.1, -0.05) is 0 Å². The van der Waals surface area contributed by atoms with Gasteiger partial charge in [-0.15, -0.1) is 0 Å². The Kier molecular flexibility index (Phi) is 3.27. The largest absolute Gasteiger partial charge is 0.325 e. The predicted octanol–water partition coefficient (Wildman–Crippen LogP) is 0.727. The molecule has 1 aromatic rings. The molecule has 13 heavy (non-hydrogen) atoms. The van der Waals surface area contributed by atoms with E-state index in [1.807, 2.05) is 0 Å². The number of pyridine rings is 1. The molecule has 2 N–H and O–H groups in total. The lowest BCUT2D eigenvalue weighted by atomic mass is 10.4. The van der Waals surface area contributed by atoms with Gasteiger partial charge in [0.1, 0.15) is 6.54 Å². The number of nitriles is 1. The molecule has 0 aliphatic heterocycles. The Bertz CT molecular complexity index is 317. The summed E-state index contributed by atoms with van der Waals surface area (Å²) < 4.78 is 0. The van der Waals surface area contributed by atoms with Crippen LogP contribution in [0, 0.1) is 11.3 Å². The molecule has 0 atom stereocenters. The van der Waals surface area contributed by atoms with E-state index < -0.39 is 6.03 Å². The molecule has 5 heteroatoms. The van der Waals surface area contributed by atoms with Crippen LogP contribution in [0.25, 0.3) is 0 Å². The third-order valence-electron chi connectivity index (χ3n) is 1.25. The fraction of sp³-hybridized carbons (Fsp3) is 0.125. The highest BCUT2D eigenvalue weighted by atomic mass is 16.2. The van der Waals surface area contributed by atoms with Crippen LogP contribution in [0.4, 0.5) is 10.5 Å². The van der Waals surface area contributed by atoms with Crippen molar-refractivity contribution in [3.05, 3.63) is 24.5 Å². The first-order valence-electron chi connectivity index (χ1n) is 3.65. The summed E-state index contributed by atoms with van der Waals surface area (Å²) >= 11 is 0. The van der Waals surface area contributed by atoms with E-state index >= 15 is 0 Å². The molecule has 0 radical (unpaired) electrons. The van der Waals surface area contributed by atoms with E-state index in [1.54, 1.807) is 24.4 Å². The standard InChI is InChI=1S/C8H8N4O/c9-3-5-11-8(13)12-7-2-1-4-10-6-7/h1-2,4,6H,5H2,(H2,11,12,13). The maximum atomic E-state index is 11.0. The number of nitrogens with zero attached hydrogens (tertiary/aromatic N) is 2. The first kappa shape index (κ1) is 9.00. The maximum absolute atomic E-state index is 11.0. The number of nitrogens with one attached hydrogen (secondary N) is 2. The summed E-state index contributed by atoms with van der Waals surface area (Å²) in [6, 6.07) is 4.80. The second kappa shape index (κ2) is 4.72. The first-order chi connectivity index (χ1) is 6.33. The van der Waals surface area contributed by atoms with Crippen molar-refractivity contribution in [1.82, 2.24) is 10.3 Å². The van der Waals surface area contributed by atoms with Crippen LogP contribution in [-0.2, 0) is 0 Å². The molecule has 2 amide bonds. The van der Waals surface area contributed by atoms with Gasteiger partial charge in [-0.3, -0.25) is 4.98 Å². The van der Waals surface area contributed by atoms with Crippen molar-refractivity contribution in [2.75, 3.05) is 11.9 Å². The minimum atomic E-state index is -0.408. The first-order valence-corrected chi connectivity index (χ1v) is 3.65. The zero-order chi connectivity index (χ0) is 9.52. The zero-order valence-corrected chi connectivity index (χ0v) is 6.82. The van der Waals surface area contributed by atoms with Gasteiger partial charge in [0.2, 0.25) is 0 Å². The molecule has 0 unspecified atom stereocenters. The maximum Gasteiger partial charge on any atom is 0.320 e. The molecule has 0 aromatic carbocycles. The van der Waals surface area contributed by atoms with E-state index in [0.717, 1.165) is 0 Å². The van der Waals surface area contributed by atoms with Gasteiger partial charge in [-0.05, 0) is 12.1 Å². The topological polar surface area (TPSA) is 77.8 Å². The second-order valence-electron chi connectivity index (χ2n) is 2.21. The van der Waals surface area contributed by atoms with E-state index in [2.05, 4.69) is 15.6 Å². The van der Waals surface area contributed by atoms with Gasteiger partial charge >= 0.3 is 6.03 Å². The van der Waals surface area contributed by atoms with Crippen molar-refractivity contribution in [3.8, 4) is 6.07 Å². The Labute approximate surface area is 75.4 Å². The molecular formula is C8H8N4O. The third kappa shape index (κ3) is 3.20. The molecule has 1 rings (SSSR count). The summed E-state index contributed by atoms with van der Waals surface area (Å²) in [5.41, 5.74) is 0.595. The van der Waals surface area contributed by atoms with Crippen molar-refractivity contribution >= 4 is 11.7 Å².